The molecular weight excluding hydrogens is 402 g/mol. The van der Waals surface area contributed by atoms with Crippen LogP contribution in [0.2, 0.25) is 0 Å². The number of carbonyl (C=O) groups is 1. The topological polar surface area (TPSA) is 80.5 Å². The summed E-state index contributed by atoms with van der Waals surface area (Å²) in [5.74, 6) is -1.58. The molecule has 0 radical (unpaired) electrons. The van der Waals surface area contributed by atoms with Crippen LogP contribution in [0.4, 0.5) is 20.4 Å². The molecule has 4 rings (SSSR count). The highest BCUT2D eigenvalue weighted by Gasteiger charge is 2.28. The molecule has 2 fully saturated rings. The van der Waals surface area contributed by atoms with E-state index < -0.39 is 23.5 Å². The van der Waals surface area contributed by atoms with Crippen LogP contribution in [0, 0.1) is 17.6 Å². The summed E-state index contributed by atoms with van der Waals surface area (Å²) in [5.41, 5.74) is 6.65. The summed E-state index contributed by atoms with van der Waals surface area (Å²) in [7, 11) is 0. The van der Waals surface area contributed by atoms with Crippen molar-refractivity contribution in [2.45, 2.75) is 31.6 Å². The summed E-state index contributed by atoms with van der Waals surface area (Å²) in [6.07, 6.45) is 4.11. The van der Waals surface area contributed by atoms with Crippen LogP contribution in [0.5, 0.6) is 0 Å². The van der Waals surface area contributed by atoms with Crippen molar-refractivity contribution in [3.8, 4) is 0 Å². The van der Waals surface area contributed by atoms with Crippen molar-refractivity contribution >= 4 is 17.5 Å². The molecule has 0 bridgehead atoms. The molecule has 2 saturated heterocycles. The fourth-order valence-electron chi connectivity index (χ4n) is 4.35. The molecule has 2 aromatic rings. The van der Waals surface area contributed by atoms with Gasteiger partial charge in [0.1, 0.15) is 11.6 Å². The second-order valence-electron chi connectivity index (χ2n) is 8.25. The van der Waals surface area contributed by atoms with E-state index in [1.54, 1.807) is 0 Å². The predicted molar refractivity (Wildman–Crippen MR) is 115 cm³/mol. The molecule has 0 aliphatic carbocycles. The molecule has 0 saturated carbocycles. The summed E-state index contributed by atoms with van der Waals surface area (Å²) in [5, 5.41) is 3.41. The van der Waals surface area contributed by atoms with Gasteiger partial charge in [-0.25, -0.2) is 13.8 Å². The summed E-state index contributed by atoms with van der Waals surface area (Å²) in [6, 6.07) is 7.11. The van der Waals surface area contributed by atoms with Gasteiger partial charge in [-0.05, 0) is 55.4 Å². The second-order valence-corrected chi connectivity index (χ2v) is 8.25. The van der Waals surface area contributed by atoms with Gasteiger partial charge in [-0.3, -0.25) is 4.79 Å². The number of ether oxygens (including phenoxy) is 1. The Hall–Kier alpha value is -2.74. The highest BCUT2D eigenvalue weighted by Crippen LogP contribution is 2.34. The van der Waals surface area contributed by atoms with Gasteiger partial charge in [0, 0.05) is 38.4 Å². The Morgan fingerprint density at radius 2 is 1.90 bits per heavy atom. The van der Waals surface area contributed by atoms with Crippen LogP contribution < -0.4 is 16.0 Å². The Kier molecular flexibility index (Phi) is 6.65. The molecule has 2 aliphatic heterocycles. The standard InChI is InChI=1S/C23H28F2N4O2/c24-18-5-3-16(13-19(18)25)21(22(26)30)17-4-6-20(27-14-15-7-11-31-12-8-15)28-23(17)29-9-1-2-10-29/h3-6,13,15,21H,1-2,7-12,14H2,(H2,26,30)(H,27,28). The molecule has 8 heteroatoms. The third-order valence-electron chi connectivity index (χ3n) is 6.10. The number of nitrogens with zero attached hydrogens (tertiary/aromatic N) is 2. The fourth-order valence-corrected chi connectivity index (χ4v) is 4.35. The zero-order valence-corrected chi connectivity index (χ0v) is 17.4. The van der Waals surface area contributed by atoms with Gasteiger partial charge in [0.15, 0.2) is 11.6 Å². The van der Waals surface area contributed by atoms with Gasteiger partial charge < -0.3 is 20.7 Å². The molecular formula is C23H28F2N4O2. The van der Waals surface area contributed by atoms with E-state index in [1.165, 1.54) is 6.07 Å². The number of hydrogen-bond donors (Lipinski definition) is 2. The van der Waals surface area contributed by atoms with E-state index in [9.17, 15) is 13.6 Å². The van der Waals surface area contributed by atoms with Gasteiger partial charge in [0.2, 0.25) is 5.91 Å². The number of amides is 1. The Morgan fingerprint density at radius 1 is 1.16 bits per heavy atom. The Bertz CT molecular complexity index is 928. The number of aromatic nitrogens is 1. The zero-order valence-electron chi connectivity index (χ0n) is 17.4. The monoisotopic (exact) mass is 430 g/mol. The van der Waals surface area contributed by atoms with Gasteiger partial charge in [-0.1, -0.05) is 12.1 Å². The van der Waals surface area contributed by atoms with Crippen LogP contribution >= 0.6 is 0 Å². The van der Waals surface area contributed by atoms with Gasteiger partial charge in [-0.2, -0.15) is 0 Å². The highest BCUT2D eigenvalue weighted by molar-refractivity contribution is 5.87. The van der Waals surface area contributed by atoms with Crippen molar-refractivity contribution in [1.82, 2.24) is 4.98 Å². The third kappa shape index (κ3) is 4.95. The number of nitrogens with two attached hydrogens (primary N) is 1. The molecule has 1 atom stereocenters. The van der Waals surface area contributed by atoms with Crippen molar-refractivity contribution in [2.75, 3.05) is 43.1 Å². The Morgan fingerprint density at radius 3 is 2.58 bits per heavy atom. The Labute approximate surface area is 180 Å². The normalized spacial score (nSPS) is 18.2. The maximum absolute atomic E-state index is 13.9. The van der Waals surface area contributed by atoms with E-state index in [0.29, 0.717) is 22.9 Å². The molecule has 1 aromatic heterocycles. The van der Waals surface area contributed by atoms with Crippen molar-refractivity contribution < 1.29 is 18.3 Å². The first-order valence-corrected chi connectivity index (χ1v) is 10.8. The fraction of sp³-hybridized carbons (Fsp3) is 0.478. The molecule has 3 heterocycles. The minimum atomic E-state index is -1.01. The molecule has 6 nitrogen and oxygen atoms in total. The molecule has 1 aromatic carbocycles. The van der Waals surface area contributed by atoms with Crippen molar-refractivity contribution in [1.29, 1.82) is 0 Å². The first-order chi connectivity index (χ1) is 15.0. The second kappa shape index (κ2) is 9.60. The van der Waals surface area contributed by atoms with E-state index >= 15 is 0 Å². The predicted octanol–water partition coefficient (Wildman–Crippen LogP) is 3.42. The summed E-state index contributed by atoms with van der Waals surface area (Å²) < 4.78 is 32.8. The first-order valence-electron chi connectivity index (χ1n) is 10.8. The molecule has 31 heavy (non-hydrogen) atoms. The van der Waals surface area contributed by atoms with Crippen LogP contribution in [0.3, 0.4) is 0 Å². The van der Waals surface area contributed by atoms with Gasteiger partial charge in [0.25, 0.3) is 0 Å². The van der Waals surface area contributed by atoms with Crippen LogP contribution in [0.15, 0.2) is 30.3 Å². The van der Waals surface area contributed by atoms with Gasteiger partial charge in [-0.15, -0.1) is 0 Å². The number of benzene rings is 1. The third-order valence-corrected chi connectivity index (χ3v) is 6.10. The molecule has 0 spiro atoms. The average Bonchev–Trinajstić information content (AvgIpc) is 3.31. The molecule has 2 aliphatic rings. The van der Waals surface area contributed by atoms with Crippen molar-refractivity contribution in [3.63, 3.8) is 0 Å². The lowest BCUT2D eigenvalue weighted by molar-refractivity contribution is -0.118. The number of rotatable bonds is 7. The molecule has 1 amide bonds. The van der Waals surface area contributed by atoms with Crippen LogP contribution in [-0.4, -0.2) is 43.7 Å². The van der Waals surface area contributed by atoms with E-state index in [1.807, 2.05) is 12.1 Å². The number of nitrogens with one attached hydrogen (secondary N) is 1. The molecule has 3 N–H and O–H groups in total. The number of hydrogen-bond acceptors (Lipinski definition) is 5. The Balaban J connectivity index is 1.65. The van der Waals surface area contributed by atoms with Crippen LogP contribution in [0.1, 0.15) is 42.7 Å². The lowest BCUT2D eigenvalue weighted by atomic mass is 9.90. The smallest absolute Gasteiger partial charge is 0.229 e. The molecule has 166 valence electrons. The number of primary amides is 1. The largest absolute Gasteiger partial charge is 0.381 e. The number of halogens is 2. The minimum Gasteiger partial charge on any atom is -0.381 e. The number of anilines is 2. The highest BCUT2D eigenvalue weighted by atomic mass is 19.2. The maximum Gasteiger partial charge on any atom is 0.229 e. The number of carbonyl (C=O) groups excluding carboxylic acids is 1. The zero-order chi connectivity index (χ0) is 21.8. The minimum absolute atomic E-state index is 0.316. The van der Waals surface area contributed by atoms with E-state index in [4.69, 9.17) is 15.5 Å². The van der Waals surface area contributed by atoms with Gasteiger partial charge in [0.05, 0.1) is 5.92 Å². The SMILES string of the molecule is NC(=O)C(c1ccc(F)c(F)c1)c1ccc(NCC2CCOCC2)nc1N1CCCC1. The van der Waals surface area contributed by atoms with Crippen LogP contribution in [-0.2, 0) is 9.53 Å². The quantitative estimate of drug-likeness (QED) is 0.704. The summed E-state index contributed by atoms with van der Waals surface area (Å²) >= 11 is 0. The lowest BCUT2D eigenvalue weighted by Crippen LogP contribution is -2.28. The van der Waals surface area contributed by atoms with E-state index in [0.717, 1.165) is 76.5 Å². The van der Waals surface area contributed by atoms with Gasteiger partial charge >= 0.3 is 0 Å². The summed E-state index contributed by atoms with van der Waals surface area (Å²) in [4.78, 5) is 19.4. The lowest BCUT2D eigenvalue weighted by Gasteiger charge is -2.26. The van der Waals surface area contributed by atoms with E-state index in [2.05, 4.69) is 10.2 Å². The first kappa shape index (κ1) is 21.5. The average molecular weight is 430 g/mol. The van der Waals surface area contributed by atoms with E-state index in [-0.39, 0.29) is 0 Å². The molecule has 1 unspecified atom stereocenters. The van der Waals surface area contributed by atoms with Crippen molar-refractivity contribution in [3.05, 3.63) is 53.1 Å². The summed E-state index contributed by atoms with van der Waals surface area (Å²) in [6.45, 7) is 4.02. The van der Waals surface area contributed by atoms with Crippen molar-refractivity contribution in [2.24, 2.45) is 11.7 Å². The van der Waals surface area contributed by atoms with Crippen LogP contribution in [0.25, 0.3) is 0 Å². The maximum atomic E-state index is 13.9. The number of pyridine rings is 1.